The predicted molar refractivity (Wildman–Crippen MR) is 91.4 cm³/mol. The third kappa shape index (κ3) is 3.10. The summed E-state index contributed by atoms with van der Waals surface area (Å²) in [5, 5.41) is 0. The van der Waals surface area contributed by atoms with Gasteiger partial charge in [0.15, 0.2) is 15.6 Å². The summed E-state index contributed by atoms with van der Waals surface area (Å²) in [5.74, 6) is 0.563. The van der Waals surface area contributed by atoms with Gasteiger partial charge in [0.1, 0.15) is 0 Å². The van der Waals surface area contributed by atoms with Gasteiger partial charge in [-0.15, -0.1) is 0 Å². The lowest BCUT2D eigenvalue weighted by Crippen LogP contribution is -1.98. The maximum absolute atomic E-state index is 12.3. The number of rotatable bonds is 4. The minimum Gasteiger partial charge on any atom is -0.481 e. The zero-order valence-corrected chi connectivity index (χ0v) is 14.3. The molecule has 3 rings (SSSR count). The molecule has 0 amide bonds. The Morgan fingerprint density at radius 3 is 2.21 bits per heavy atom. The molecule has 124 valence electrons. The van der Waals surface area contributed by atoms with Crippen molar-refractivity contribution in [1.82, 2.24) is 4.98 Å². The number of sulfone groups is 1. The number of Topliss-reactive ketones (excluding diaryl/α,β-unsaturated/α-hetero) is 1. The fourth-order valence-corrected chi connectivity index (χ4v) is 3.46. The summed E-state index contributed by atoms with van der Waals surface area (Å²) >= 11 is 0. The van der Waals surface area contributed by atoms with E-state index in [0.717, 1.165) is 16.7 Å². The van der Waals surface area contributed by atoms with Crippen molar-refractivity contribution in [2.45, 2.75) is 17.7 Å². The second-order valence-corrected chi connectivity index (χ2v) is 7.68. The second kappa shape index (κ2) is 6.20. The number of carbonyl (C=O) groups excluding carboxylic acids is 1. The van der Waals surface area contributed by atoms with Gasteiger partial charge < -0.3 is 4.74 Å². The summed E-state index contributed by atoms with van der Waals surface area (Å²) < 4.78 is 28.2. The molecule has 1 aromatic carbocycles. The maximum Gasteiger partial charge on any atom is 0.212 e. The van der Waals surface area contributed by atoms with Gasteiger partial charge in [-0.1, -0.05) is 12.1 Å². The van der Waals surface area contributed by atoms with E-state index in [4.69, 9.17) is 4.74 Å². The number of allylic oxidation sites excluding steroid dienone is 2. The van der Waals surface area contributed by atoms with Crippen LogP contribution in [0.15, 0.2) is 47.5 Å². The summed E-state index contributed by atoms with van der Waals surface area (Å²) in [5.41, 5.74) is 3.18. The number of hydrogen-bond acceptors (Lipinski definition) is 5. The number of aromatic nitrogens is 1. The molecular weight excluding hydrogens is 326 g/mol. The first kappa shape index (κ1) is 16.4. The van der Waals surface area contributed by atoms with E-state index in [1.165, 1.54) is 13.4 Å². The van der Waals surface area contributed by atoms with E-state index >= 15 is 0 Å². The zero-order chi connectivity index (χ0) is 17.3. The van der Waals surface area contributed by atoms with Crippen molar-refractivity contribution >= 4 is 26.8 Å². The normalized spacial score (nSPS) is 15.0. The number of pyridine rings is 1. The van der Waals surface area contributed by atoms with Crippen molar-refractivity contribution in [3.8, 4) is 5.88 Å². The Bertz CT molecular complexity index is 910. The monoisotopic (exact) mass is 343 g/mol. The van der Waals surface area contributed by atoms with Crippen LogP contribution >= 0.6 is 0 Å². The topological polar surface area (TPSA) is 73.3 Å². The molecule has 0 saturated heterocycles. The third-order valence-electron chi connectivity index (χ3n) is 4.05. The third-order valence-corrected chi connectivity index (χ3v) is 5.18. The largest absolute Gasteiger partial charge is 0.481 e. The van der Waals surface area contributed by atoms with Crippen LogP contribution in [-0.4, -0.2) is 32.6 Å². The van der Waals surface area contributed by atoms with Crippen LogP contribution < -0.4 is 4.74 Å². The highest BCUT2D eigenvalue weighted by Crippen LogP contribution is 2.37. The number of ether oxygens (including phenoxy) is 1. The Morgan fingerprint density at radius 2 is 1.67 bits per heavy atom. The predicted octanol–water partition coefficient (Wildman–Crippen LogP) is 2.77. The van der Waals surface area contributed by atoms with Gasteiger partial charge in [0.2, 0.25) is 5.88 Å². The van der Waals surface area contributed by atoms with Crippen molar-refractivity contribution in [3.05, 3.63) is 53.7 Å². The Labute approximate surface area is 140 Å². The molecule has 5 nitrogen and oxygen atoms in total. The molecule has 0 bridgehead atoms. The van der Waals surface area contributed by atoms with Gasteiger partial charge >= 0.3 is 0 Å². The summed E-state index contributed by atoms with van der Waals surface area (Å²) in [6.07, 6.45) is 3.89. The Balaban J connectivity index is 2.05. The smallest absolute Gasteiger partial charge is 0.212 e. The minimum atomic E-state index is -3.23. The van der Waals surface area contributed by atoms with Crippen molar-refractivity contribution in [2.75, 3.05) is 13.4 Å². The Hall–Kier alpha value is -2.47. The molecule has 1 heterocycles. The molecule has 1 aliphatic rings. The Morgan fingerprint density at radius 1 is 1.00 bits per heavy atom. The van der Waals surface area contributed by atoms with Crippen molar-refractivity contribution in [1.29, 1.82) is 0 Å². The van der Waals surface area contributed by atoms with Gasteiger partial charge in [-0.05, 0) is 35.8 Å². The van der Waals surface area contributed by atoms with E-state index in [0.29, 0.717) is 24.3 Å². The number of methoxy groups -OCH3 is 1. The zero-order valence-electron chi connectivity index (χ0n) is 13.4. The molecule has 0 spiro atoms. The van der Waals surface area contributed by atoms with E-state index in [1.54, 1.807) is 36.5 Å². The quantitative estimate of drug-likeness (QED) is 0.853. The van der Waals surface area contributed by atoms with Crippen LogP contribution in [-0.2, 0) is 14.6 Å². The summed E-state index contributed by atoms with van der Waals surface area (Å²) in [4.78, 5) is 16.8. The van der Waals surface area contributed by atoms with E-state index in [-0.39, 0.29) is 10.7 Å². The lowest BCUT2D eigenvalue weighted by Gasteiger charge is -2.08. The highest BCUT2D eigenvalue weighted by atomic mass is 32.2. The van der Waals surface area contributed by atoms with Crippen molar-refractivity contribution in [2.24, 2.45) is 0 Å². The van der Waals surface area contributed by atoms with Gasteiger partial charge in [-0.25, -0.2) is 13.4 Å². The van der Waals surface area contributed by atoms with Crippen LogP contribution in [0.1, 0.15) is 24.0 Å². The standard InChI is InChI=1S/C18H17NO4S/c1-23-17-10-5-13(11-19-17)18-15(8-9-16(18)20)12-3-6-14(7-4-12)24(2,21)22/h3-7,10-11H,8-9H2,1-2H3. The van der Waals surface area contributed by atoms with E-state index in [2.05, 4.69) is 4.98 Å². The molecule has 2 aromatic rings. The highest BCUT2D eigenvalue weighted by Gasteiger charge is 2.25. The number of hydrogen-bond donors (Lipinski definition) is 0. The number of nitrogens with zero attached hydrogens (tertiary/aromatic N) is 1. The SMILES string of the molecule is COc1ccc(C2=C(c3ccc(S(C)(=O)=O)cc3)CCC2=O)cn1. The molecule has 0 saturated carbocycles. The lowest BCUT2D eigenvalue weighted by atomic mass is 9.98. The van der Waals surface area contributed by atoms with Crippen LogP contribution in [0, 0.1) is 0 Å². The summed E-state index contributed by atoms with van der Waals surface area (Å²) in [6, 6.07) is 10.2. The lowest BCUT2D eigenvalue weighted by molar-refractivity contribution is -0.113. The van der Waals surface area contributed by atoms with Crippen LogP contribution in [0.2, 0.25) is 0 Å². The summed E-state index contributed by atoms with van der Waals surface area (Å²) in [7, 11) is -1.70. The molecule has 0 radical (unpaired) electrons. The van der Waals surface area contributed by atoms with Gasteiger partial charge in [0.25, 0.3) is 0 Å². The van der Waals surface area contributed by atoms with E-state index in [1.807, 2.05) is 6.07 Å². The Kier molecular flexibility index (Phi) is 4.24. The molecule has 0 unspecified atom stereocenters. The number of ketones is 1. The fourth-order valence-electron chi connectivity index (χ4n) is 2.83. The average Bonchev–Trinajstić information content (AvgIpc) is 2.96. The molecule has 0 aliphatic heterocycles. The first-order valence-corrected chi connectivity index (χ1v) is 9.36. The highest BCUT2D eigenvalue weighted by molar-refractivity contribution is 7.90. The molecule has 1 aliphatic carbocycles. The van der Waals surface area contributed by atoms with Gasteiger partial charge in [-0.2, -0.15) is 0 Å². The average molecular weight is 343 g/mol. The van der Waals surface area contributed by atoms with Crippen LogP contribution in [0.5, 0.6) is 5.88 Å². The van der Waals surface area contributed by atoms with Gasteiger partial charge in [0.05, 0.1) is 12.0 Å². The fraction of sp³-hybridized carbons (Fsp3) is 0.222. The van der Waals surface area contributed by atoms with E-state index in [9.17, 15) is 13.2 Å². The molecular formula is C18H17NO4S. The maximum atomic E-state index is 12.3. The molecule has 0 N–H and O–H groups in total. The van der Waals surface area contributed by atoms with Crippen molar-refractivity contribution < 1.29 is 17.9 Å². The first-order chi connectivity index (χ1) is 11.4. The molecule has 6 heteroatoms. The molecule has 0 fully saturated rings. The summed E-state index contributed by atoms with van der Waals surface area (Å²) in [6.45, 7) is 0. The second-order valence-electron chi connectivity index (χ2n) is 5.66. The molecule has 0 atom stereocenters. The molecule has 24 heavy (non-hydrogen) atoms. The van der Waals surface area contributed by atoms with Crippen LogP contribution in [0.25, 0.3) is 11.1 Å². The van der Waals surface area contributed by atoms with E-state index < -0.39 is 9.84 Å². The molecule has 1 aromatic heterocycles. The van der Waals surface area contributed by atoms with Crippen molar-refractivity contribution in [3.63, 3.8) is 0 Å². The van der Waals surface area contributed by atoms with Crippen LogP contribution in [0.3, 0.4) is 0 Å². The van der Waals surface area contributed by atoms with Gasteiger partial charge in [0, 0.05) is 36.1 Å². The van der Waals surface area contributed by atoms with Gasteiger partial charge in [-0.3, -0.25) is 4.79 Å². The number of benzene rings is 1. The number of carbonyl (C=O) groups is 1. The van der Waals surface area contributed by atoms with Crippen LogP contribution in [0.4, 0.5) is 0 Å². The first-order valence-electron chi connectivity index (χ1n) is 7.47. The minimum absolute atomic E-state index is 0.0733.